The lowest BCUT2D eigenvalue weighted by Crippen LogP contribution is -2.30. The largest absolute Gasteiger partial charge is 0.310 e. The number of sulfone groups is 1. The minimum atomic E-state index is -3.12. The molecule has 0 spiro atoms. The van der Waals surface area contributed by atoms with Crippen LogP contribution < -0.4 is 5.32 Å². The second kappa shape index (κ2) is 6.46. The molecule has 2 aromatic rings. The molecule has 0 saturated carbocycles. The zero-order chi connectivity index (χ0) is 16.4. The molecular formula is C19H23NO2S. The van der Waals surface area contributed by atoms with E-state index < -0.39 is 9.84 Å². The zero-order valence-corrected chi connectivity index (χ0v) is 14.4. The van der Waals surface area contributed by atoms with E-state index in [0.29, 0.717) is 10.8 Å². The van der Waals surface area contributed by atoms with Crippen LogP contribution in [0.3, 0.4) is 0 Å². The van der Waals surface area contributed by atoms with E-state index in [1.54, 1.807) is 19.1 Å². The van der Waals surface area contributed by atoms with E-state index in [1.165, 1.54) is 11.1 Å². The van der Waals surface area contributed by atoms with Gasteiger partial charge in [0.1, 0.15) is 0 Å². The maximum Gasteiger partial charge on any atom is 0.178 e. The molecule has 4 heteroatoms. The highest BCUT2D eigenvalue weighted by molar-refractivity contribution is 7.91. The van der Waals surface area contributed by atoms with Crippen molar-refractivity contribution in [3.8, 4) is 0 Å². The van der Waals surface area contributed by atoms with Crippen LogP contribution >= 0.6 is 0 Å². The highest BCUT2D eigenvalue weighted by Crippen LogP contribution is 2.34. The molecular weight excluding hydrogens is 306 g/mol. The van der Waals surface area contributed by atoms with Gasteiger partial charge in [0.25, 0.3) is 0 Å². The first kappa shape index (κ1) is 16.2. The molecule has 0 aromatic heterocycles. The van der Waals surface area contributed by atoms with Crippen LogP contribution in [0.1, 0.15) is 42.5 Å². The van der Waals surface area contributed by atoms with Gasteiger partial charge in [-0.15, -0.1) is 0 Å². The second-order valence-corrected chi connectivity index (χ2v) is 8.48. The van der Waals surface area contributed by atoms with Crippen molar-refractivity contribution in [1.82, 2.24) is 5.32 Å². The predicted molar refractivity (Wildman–Crippen MR) is 93.5 cm³/mol. The fraction of sp³-hybridized carbons (Fsp3) is 0.368. The third-order valence-corrected chi connectivity index (χ3v) is 6.50. The lowest BCUT2D eigenvalue weighted by atomic mass is 9.77. The number of fused-ring (bicyclic) bond motifs is 1. The molecule has 0 aliphatic heterocycles. The van der Waals surface area contributed by atoms with Crippen LogP contribution in [0.15, 0.2) is 53.4 Å². The summed E-state index contributed by atoms with van der Waals surface area (Å²) in [5.74, 6) is 0.731. The van der Waals surface area contributed by atoms with E-state index in [2.05, 4.69) is 36.5 Å². The van der Waals surface area contributed by atoms with Crippen LogP contribution in [0, 0.1) is 0 Å². The lowest BCUT2D eigenvalue weighted by Gasteiger charge is -2.31. The van der Waals surface area contributed by atoms with Crippen molar-refractivity contribution in [2.45, 2.75) is 37.1 Å². The molecule has 1 aliphatic carbocycles. The highest BCUT2D eigenvalue weighted by Gasteiger charge is 2.25. The van der Waals surface area contributed by atoms with E-state index in [4.69, 9.17) is 0 Å². The van der Waals surface area contributed by atoms with Crippen molar-refractivity contribution in [2.75, 3.05) is 12.3 Å². The Bertz CT molecular complexity index is 781. The van der Waals surface area contributed by atoms with Crippen LogP contribution in [0.25, 0.3) is 0 Å². The molecule has 0 bridgehead atoms. The summed E-state index contributed by atoms with van der Waals surface area (Å²) in [6.07, 6.45) is 1.14. The van der Waals surface area contributed by atoms with Crippen molar-refractivity contribution in [3.63, 3.8) is 0 Å². The van der Waals surface area contributed by atoms with Crippen molar-refractivity contribution in [3.05, 3.63) is 65.2 Å². The van der Waals surface area contributed by atoms with Crippen molar-refractivity contribution >= 4 is 9.84 Å². The molecule has 0 radical (unpaired) electrons. The van der Waals surface area contributed by atoms with Gasteiger partial charge in [0.05, 0.1) is 10.6 Å². The van der Waals surface area contributed by atoms with Gasteiger partial charge in [-0.1, -0.05) is 43.3 Å². The first-order valence-electron chi connectivity index (χ1n) is 8.15. The van der Waals surface area contributed by atoms with Gasteiger partial charge in [-0.2, -0.15) is 0 Å². The summed E-state index contributed by atoms with van der Waals surface area (Å²) in [6, 6.07) is 16.1. The maximum absolute atomic E-state index is 11.8. The van der Waals surface area contributed by atoms with E-state index in [9.17, 15) is 8.42 Å². The van der Waals surface area contributed by atoms with Gasteiger partial charge < -0.3 is 5.32 Å². The third-order valence-electron chi connectivity index (χ3n) is 4.75. The zero-order valence-electron chi connectivity index (χ0n) is 13.6. The van der Waals surface area contributed by atoms with Gasteiger partial charge >= 0.3 is 0 Å². The second-order valence-electron chi connectivity index (χ2n) is 6.20. The summed E-state index contributed by atoms with van der Waals surface area (Å²) < 4.78 is 23.7. The normalized spacial score (nSPS) is 18.1. The van der Waals surface area contributed by atoms with Crippen molar-refractivity contribution in [2.24, 2.45) is 0 Å². The number of rotatable bonds is 6. The summed E-state index contributed by atoms with van der Waals surface area (Å²) in [4.78, 5) is 0.406. The van der Waals surface area contributed by atoms with Crippen LogP contribution in [0.4, 0.5) is 0 Å². The molecule has 1 aliphatic rings. The molecule has 122 valence electrons. The Kier molecular flexibility index (Phi) is 4.55. The van der Waals surface area contributed by atoms with Crippen LogP contribution in [-0.4, -0.2) is 20.7 Å². The average Bonchev–Trinajstić information content (AvgIpc) is 2.55. The Morgan fingerprint density at radius 2 is 1.83 bits per heavy atom. The number of hydrogen-bond donors (Lipinski definition) is 1. The topological polar surface area (TPSA) is 46.2 Å². The Morgan fingerprint density at radius 1 is 1.13 bits per heavy atom. The summed E-state index contributed by atoms with van der Waals surface area (Å²) in [5.41, 5.74) is 4.03. The SMILES string of the molecule is CCS(=O)(=O)c1ccc([C@H](C)NC[C@H]2Cc3ccccc32)cc1. The summed E-state index contributed by atoms with van der Waals surface area (Å²) in [6.45, 7) is 4.74. The van der Waals surface area contributed by atoms with Crippen LogP contribution in [-0.2, 0) is 16.3 Å². The Morgan fingerprint density at radius 3 is 2.48 bits per heavy atom. The van der Waals surface area contributed by atoms with Crippen LogP contribution in [0.5, 0.6) is 0 Å². The smallest absolute Gasteiger partial charge is 0.178 e. The minimum absolute atomic E-state index is 0.140. The van der Waals surface area contributed by atoms with Gasteiger partial charge in [-0.3, -0.25) is 0 Å². The van der Waals surface area contributed by atoms with E-state index >= 15 is 0 Å². The average molecular weight is 329 g/mol. The molecule has 2 atom stereocenters. The molecule has 0 unspecified atom stereocenters. The fourth-order valence-electron chi connectivity index (χ4n) is 3.11. The number of hydrogen-bond acceptors (Lipinski definition) is 3. The van der Waals surface area contributed by atoms with Crippen molar-refractivity contribution in [1.29, 1.82) is 0 Å². The van der Waals surface area contributed by atoms with Crippen molar-refractivity contribution < 1.29 is 8.42 Å². The van der Waals surface area contributed by atoms with E-state index in [-0.39, 0.29) is 11.8 Å². The van der Waals surface area contributed by atoms with Gasteiger partial charge in [0.15, 0.2) is 9.84 Å². The van der Waals surface area contributed by atoms with Crippen LogP contribution in [0.2, 0.25) is 0 Å². The quantitative estimate of drug-likeness (QED) is 0.883. The van der Waals surface area contributed by atoms with Gasteiger partial charge in [-0.25, -0.2) is 8.42 Å². The molecule has 0 fully saturated rings. The summed E-state index contributed by atoms with van der Waals surface area (Å²) in [7, 11) is -3.12. The Labute approximate surface area is 138 Å². The molecule has 0 saturated heterocycles. The number of nitrogens with one attached hydrogen (secondary N) is 1. The molecule has 0 heterocycles. The third kappa shape index (κ3) is 3.33. The van der Waals surface area contributed by atoms with Gasteiger partial charge in [-0.05, 0) is 42.2 Å². The predicted octanol–water partition coefficient (Wildman–Crippen LogP) is 3.47. The van der Waals surface area contributed by atoms with Gasteiger partial charge in [0, 0.05) is 18.5 Å². The summed E-state index contributed by atoms with van der Waals surface area (Å²) >= 11 is 0. The Hall–Kier alpha value is -1.65. The molecule has 1 N–H and O–H groups in total. The number of benzene rings is 2. The molecule has 2 aromatic carbocycles. The highest BCUT2D eigenvalue weighted by atomic mass is 32.2. The van der Waals surface area contributed by atoms with E-state index in [0.717, 1.165) is 18.5 Å². The molecule has 3 rings (SSSR count). The van der Waals surface area contributed by atoms with Gasteiger partial charge in [0.2, 0.25) is 0 Å². The minimum Gasteiger partial charge on any atom is -0.310 e. The summed E-state index contributed by atoms with van der Waals surface area (Å²) in [5, 5.41) is 3.56. The monoisotopic (exact) mass is 329 g/mol. The Balaban J connectivity index is 1.60. The first-order chi connectivity index (χ1) is 11.0. The maximum atomic E-state index is 11.8. The molecule has 23 heavy (non-hydrogen) atoms. The lowest BCUT2D eigenvalue weighted by molar-refractivity contribution is 0.489. The molecule has 0 amide bonds. The standard InChI is InChI=1S/C19H23NO2S/c1-3-23(21,22)18-10-8-15(9-11-18)14(2)20-13-17-12-16-6-4-5-7-19(16)17/h4-11,14,17,20H,3,12-13H2,1-2H3/t14-,17+/m0/s1. The molecule has 3 nitrogen and oxygen atoms in total. The fourth-order valence-corrected chi connectivity index (χ4v) is 4.00. The van der Waals surface area contributed by atoms with E-state index in [1.807, 2.05) is 12.1 Å². The first-order valence-corrected chi connectivity index (χ1v) is 9.80.